The standard InChI is InChI=1S/C17H28N2O2/c1-11-3-2-4-19(10-11)21-17(20)18-16-14-6-12-5-13(8-14)9-15(16)7-12/h11-16H,2-10H2,1H3,(H,18,20). The first-order chi connectivity index (χ1) is 10.2. The molecule has 1 unspecified atom stereocenters. The normalized spacial score (nSPS) is 45.6. The Labute approximate surface area is 127 Å². The van der Waals surface area contributed by atoms with Crippen molar-refractivity contribution >= 4 is 6.09 Å². The molecule has 4 saturated carbocycles. The molecule has 1 atom stereocenters. The lowest BCUT2D eigenvalue weighted by molar-refractivity contribution is -0.125. The number of amides is 1. The molecule has 1 heterocycles. The van der Waals surface area contributed by atoms with E-state index >= 15 is 0 Å². The van der Waals surface area contributed by atoms with E-state index in [1.54, 1.807) is 0 Å². The van der Waals surface area contributed by atoms with Crippen molar-refractivity contribution in [2.24, 2.45) is 29.6 Å². The molecule has 1 amide bonds. The van der Waals surface area contributed by atoms with Crippen LogP contribution in [0.3, 0.4) is 0 Å². The van der Waals surface area contributed by atoms with Crippen molar-refractivity contribution in [1.82, 2.24) is 10.4 Å². The maximum Gasteiger partial charge on any atom is 0.426 e. The summed E-state index contributed by atoms with van der Waals surface area (Å²) in [4.78, 5) is 17.8. The van der Waals surface area contributed by atoms with E-state index in [1.165, 1.54) is 38.5 Å². The van der Waals surface area contributed by atoms with E-state index in [1.807, 2.05) is 5.06 Å². The number of nitrogens with one attached hydrogen (secondary N) is 1. The number of hydrogen-bond donors (Lipinski definition) is 1. The summed E-state index contributed by atoms with van der Waals surface area (Å²) in [5.74, 6) is 3.96. The van der Waals surface area contributed by atoms with Gasteiger partial charge < -0.3 is 10.2 Å². The Morgan fingerprint density at radius 1 is 1.10 bits per heavy atom. The lowest BCUT2D eigenvalue weighted by Crippen LogP contribution is -2.56. The molecule has 0 radical (unpaired) electrons. The topological polar surface area (TPSA) is 41.6 Å². The molecule has 0 spiro atoms. The quantitative estimate of drug-likeness (QED) is 0.850. The summed E-state index contributed by atoms with van der Waals surface area (Å²) in [7, 11) is 0. The number of hydrogen-bond acceptors (Lipinski definition) is 3. The van der Waals surface area contributed by atoms with Crippen molar-refractivity contribution in [3.05, 3.63) is 0 Å². The number of carbonyl (C=O) groups is 1. The van der Waals surface area contributed by atoms with Crippen LogP contribution in [-0.4, -0.2) is 30.3 Å². The predicted molar refractivity (Wildman–Crippen MR) is 80.4 cm³/mol. The predicted octanol–water partition coefficient (Wildman–Crippen LogP) is 3.18. The molecule has 1 aliphatic heterocycles. The SMILES string of the molecule is CC1CCCN(OC(=O)NC2C3CC4CC(C3)CC2C4)C1. The summed E-state index contributed by atoms with van der Waals surface area (Å²) in [6, 6.07) is 0.382. The third kappa shape index (κ3) is 2.79. The van der Waals surface area contributed by atoms with E-state index in [2.05, 4.69) is 12.2 Å². The molecule has 4 bridgehead atoms. The van der Waals surface area contributed by atoms with Gasteiger partial charge in [0.2, 0.25) is 0 Å². The lowest BCUT2D eigenvalue weighted by Gasteiger charge is -2.54. The maximum atomic E-state index is 12.2. The molecular weight excluding hydrogens is 264 g/mol. The van der Waals surface area contributed by atoms with Gasteiger partial charge in [-0.1, -0.05) is 6.92 Å². The zero-order valence-electron chi connectivity index (χ0n) is 13.1. The number of piperidine rings is 1. The van der Waals surface area contributed by atoms with Gasteiger partial charge in [-0.2, -0.15) is 0 Å². The number of nitrogens with zero attached hydrogens (tertiary/aromatic N) is 1. The maximum absolute atomic E-state index is 12.2. The molecular formula is C17H28N2O2. The second-order valence-corrected chi connectivity index (χ2v) is 8.11. The Balaban J connectivity index is 1.32. The molecule has 4 aliphatic carbocycles. The Morgan fingerprint density at radius 2 is 1.76 bits per heavy atom. The smallest absolute Gasteiger partial charge is 0.351 e. The monoisotopic (exact) mass is 292 g/mol. The molecule has 0 aromatic carbocycles. The van der Waals surface area contributed by atoms with E-state index in [9.17, 15) is 4.79 Å². The number of hydroxylamine groups is 2. The highest BCUT2D eigenvalue weighted by Crippen LogP contribution is 2.53. The number of rotatable bonds is 2. The van der Waals surface area contributed by atoms with Crippen LogP contribution in [0.1, 0.15) is 51.9 Å². The van der Waals surface area contributed by atoms with Crippen LogP contribution in [0.5, 0.6) is 0 Å². The van der Waals surface area contributed by atoms with Crippen molar-refractivity contribution < 1.29 is 9.63 Å². The first-order valence-corrected chi connectivity index (χ1v) is 8.90. The summed E-state index contributed by atoms with van der Waals surface area (Å²) in [5.41, 5.74) is 0. The van der Waals surface area contributed by atoms with Gasteiger partial charge in [0.25, 0.3) is 0 Å². The van der Waals surface area contributed by atoms with E-state index < -0.39 is 0 Å². The fraction of sp³-hybridized carbons (Fsp3) is 0.941. The average Bonchev–Trinajstić information content (AvgIpc) is 2.42. The molecule has 118 valence electrons. The van der Waals surface area contributed by atoms with Crippen molar-refractivity contribution in [3.63, 3.8) is 0 Å². The van der Waals surface area contributed by atoms with Crippen molar-refractivity contribution in [2.45, 2.75) is 57.9 Å². The van der Waals surface area contributed by atoms with Crippen molar-refractivity contribution in [3.8, 4) is 0 Å². The van der Waals surface area contributed by atoms with E-state index in [0.29, 0.717) is 23.8 Å². The van der Waals surface area contributed by atoms with Gasteiger partial charge in [-0.3, -0.25) is 0 Å². The average molecular weight is 292 g/mol. The molecule has 1 saturated heterocycles. The minimum absolute atomic E-state index is 0.207. The van der Waals surface area contributed by atoms with Crippen LogP contribution in [0.25, 0.3) is 0 Å². The highest BCUT2D eigenvalue weighted by molar-refractivity contribution is 5.67. The number of carbonyl (C=O) groups excluding carboxylic acids is 1. The highest BCUT2D eigenvalue weighted by Gasteiger charge is 2.48. The Bertz CT molecular complexity index is 384. The van der Waals surface area contributed by atoms with Crippen LogP contribution in [0, 0.1) is 29.6 Å². The van der Waals surface area contributed by atoms with Crippen LogP contribution >= 0.6 is 0 Å². The van der Waals surface area contributed by atoms with Crippen LogP contribution < -0.4 is 5.32 Å². The van der Waals surface area contributed by atoms with Gasteiger partial charge in [0.05, 0.1) is 0 Å². The van der Waals surface area contributed by atoms with Gasteiger partial charge >= 0.3 is 6.09 Å². The summed E-state index contributed by atoms with van der Waals surface area (Å²) in [6.07, 6.45) is 8.95. The molecule has 5 rings (SSSR count). The summed E-state index contributed by atoms with van der Waals surface area (Å²) in [5, 5.41) is 5.08. The molecule has 5 aliphatic rings. The molecule has 4 heteroatoms. The summed E-state index contributed by atoms with van der Waals surface area (Å²) in [6.45, 7) is 4.00. The van der Waals surface area contributed by atoms with Gasteiger partial charge in [0.1, 0.15) is 0 Å². The van der Waals surface area contributed by atoms with Gasteiger partial charge in [0.15, 0.2) is 0 Å². The molecule has 21 heavy (non-hydrogen) atoms. The van der Waals surface area contributed by atoms with Gasteiger partial charge in [-0.05, 0) is 74.5 Å². The molecule has 5 fully saturated rings. The Morgan fingerprint density at radius 3 is 2.38 bits per heavy atom. The first-order valence-electron chi connectivity index (χ1n) is 8.90. The Kier molecular flexibility index (Phi) is 3.60. The zero-order chi connectivity index (χ0) is 14.4. The zero-order valence-corrected chi connectivity index (χ0v) is 13.1. The van der Waals surface area contributed by atoms with Gasteiger partial charge in [0, 0.05) is 19.1 Å². The second kappa shape index (κ2) is 5.45. The highest BCUT2D eigenvalue weighted by atomic mass is 16.7. The van der Waals surface area contributed by atoms with E-state index in [0.717, 1.165) is 31.3 Å². The van der Waals surface area contributed by atoms with E-state index in [4.69, 9.17) is 4.84 Å². The minimum Gasteiger partial charge on any atom is -0.351 e. The van der Waals surface area contributed by atoms with Crippen LogP contribution in [0.15, 0.2) is 0 Å². The van der Waals surface area contributed by atoms with Crippen LogP contribution in [-0.2, 0) is 4.84 Å². The molecule has 0 aromatic heterocycles. The van der Waals surface area contributed by atoms with Crippen LogP contribution in [0.2, 0.25) is 0 Å². The fourth-order valence-corrected chi connectivity index (χ4v) is 5.67. The minimum atomic E-state index is -0.207. The van der Waals surface area contributed by atoms with Crippen molar-refractivity contribution in [2.75, 3.05) is 13.1 Å². The third-order valence-corrected chi connectivity index (χ3v) is 6.34. The van der Waals surface area contributed by atoms with Gasteiger partial charge in [-0.25, -0.2) is 4.79 Å². The summed E-state index contributed by atoms with van der Waals surface area (Å²) < 4.78 is 0. The summed E-state index contributed by atoms with van der Waals surface area (Å²) >= 11 is 0. The Hall–Kier alpha value is -0.770. The van der Waals surface area contributed by atoms with Gasteiger partial charge in [-0.15, -0.1) is 5.06 Å². The lowest BCUT2D eigenvalue weighted by atomic mass is 9.54. The molecule has 1 N–H and O–H groups in total. The molecule has 0 aromatic rings. The third-order valence-electron chi connectivity index (χ3n) is 6.34. The first kappa shape index (κ1) is 13.9. The van der Waals surface area contributed by atoms with E-state index in [-0.39, 0.29) is 6.09 Å². The fourth-order valence-electron chi connectivity index (χ4n) is 5.67. The second-order valence-electron chi connectivity index (χ2n) is 8.11. The van der Waals surface area contributed by atoms with Crippen molar-refractivity contribution in [1.29, 1.82) is 0 Å². The largest absolute Gasteiger partial charge is 0.426 e. The molecule has 4 nitrogen and oxygen atoms in total. The van der Waals surface area contributed by atoms with Crippen LogP contribution in [0.4, 0.5) is 4.79 Å².